The number of rotatable bonds is 4. The summed E-state index contributed by atoms with van der Waals surface area (Å²) < 4.78 is 25.7. The van der Waals surface area contributed by atoms with Crippen molar-refractivity contribution >= 4 is 5.91 Å². The molecule has 146 valence electrons. The number of halogens is 1. The van der Waals surface area contributed by atoms with Gasteiger partial charge in [0.2, 0.25) is 11.8 Å². The number of carbonyl (C=O) groups excluding carboxylic acids is 1. The summed E-state index contributed by atoms with van der Waals surface area (Å²) in [6, 6.07) is 5.66. The average molecular weight is 386 g/mol. The highest BCUT2D eigenvalue weighted by Gasteiger charge is 2.35. The van der Waals surface area contributed by atoms with Crippen LogP contribution in [0.4, 0.5) is 4.39 Å². The minimum atomic E-state index is -0.468. The van der Waals surface area contributed by atoms with Crippen LogP contribution in [-0.2, 0) is 11.3 Å². The first kappa shape index (κ1) is 18.2. The summed E-state index contributed by atoms with van der Waals surface area (Å²) in [4.78, 5) is 14.8. The van der Waals surface area contributed by atoms with Crippen molar-refractivity contribution < 1.29 is 18.3 Å². The van der Waals surface area contributed by atoms with E-state index in [9.17, 15) is 9.18 Å². The Hall–Kier alpha value is -3.14. The molecule has 4 rings (SSSR count). The maximum Gasteiger partial charge on any atom is 0.277 e. The van der Waals surface area contributed by atoms with E-state index in [1.807, 2.05) is 0 Å². The van der Waals surface area contributed by atoms with E-state index in [0.29, 0.717) is 37.2 Å². The molecule has 1 aliphatic heterocycles. The lowest BCUT2D eigenvalue weighted by molar-refractivity contribution is -0.0109. The summed E-state index contributed by atoms with van der Waals surface area (Å²) >= 11 is 0. The SMILES string of the molecule is Cc1nnc(C2COCCN2C(=O)c2nnn(Cc3ccc(F)cc3)c2C)o1. The van der Waals surface area contributed by atoms with Gasteiger partial charge in [-0.25, -0.2) is 9.07 Å². The van der Waals surface area contributed by atoms with Crippen LogP contribution in [0.2, 0.25) is 0 Å². The van der Waals surface area contributed by atoms with Crippen molar-refractivity contribution in [3.8, 4) is 0 Å². The summed E-state index contributed by atoms with van der Waals surface area (Å²) in [5.74, 6) is 0.188. The smallest absolute Gasteiger partial charge is 0.277 e. The van der Waals surface area contributed by atoms with Crippen molar-refractivity contribution in [2.24, 2.45) is 0 Å². The van der Waals surface area contributed by atoms with Gasteiger partial charge in [0.15, 0.2) is 5.69 Å². The van der Waals surface area contributed by atoms with Gasteiger partial charge in [-0.3, -0.25) is 4.79 Å². The molecule has 9 nitrogen and oxygen atoms in total. The molecule has 0 radical (unpaired) electrons. The highest BCUT2D eigenvalue weighted by atomic mass is 19.1. The zero-order valence-corrected chi connectivity index (χ0v) is 15.5. The highest BCUT2D eigenvalue weighted by molar-refractivity contribution is 5.93. The topological polar surface area (TPSA) is 99.2 Å². The van der Waals surface area contributed by atoms with Crippen molar-refractivity contribution in [2.75, 3.05) is 19.8 Å². The Labute approximate surface area is 160 Å². The molecule has 2 aromatic heterocycles. The first-order valence-corrected chi connectivity index (χ1v) is 8.86. The van der Waals surface area contributed by atoms with Crippen LogP contribution in [0, 0.1) is 19.7 Å². The van der Waals surface area contributed by atoms with Gasteiger partial charge >= 0.3 is 0 Å². The molecule has 1 aliphatic rings. The van der Waals surface area contributed by atoms with Gasteiger partial charge in [0.1, 0.15) is 11.9 Å². The Morgan fingerprint density at radius 2 is 2.00 bits per heavy atom. The average Bonchev–Trinajstić information content (AvgIpc) is 3.29. The number of hydrogen-bond acceptors (Lipinski definition) is 7. The molecule has 0 spiro atoms. The maximum absolute atomic E-state index is 13.1. The summed E-state index contributed by atoms with van der Waals surface area (Å²) in [7, 11) is 0. The molecule has 10 heteroatoms. The summed E-state index contributed by atoms with van der Waals surface area (Å²) in [5.41, 5.74) is 1.74. The van der Waals surface area contributed by atoms with Gasteiger partial charge in [0.05, 0.1) is 25.5 Å². The summed E-state index contributed by atoms with van der Waals surface area (Å²) in [6.45, 7) is 4.94. The van der Waals surface area contributed by atoms with E-state index in [-0.39, 0.29) is 24.0 Å². The van der Waals surface area contributed by atoms with Crippen molar-refractivity contribution in [1.29, 1.82) is 0 Å². The highest BCUT2D eigenvalue weighted by Crippen LogP contribution is 2.25. The van der Waals surface area contributed by atoms with Crippen LogP contribution >= 0.6 is 0 Å². The molecule has 1 aromatic carbocycles. The first-order chi connectivity index (χ1) is 13.5. The van der Waals surface area contributed by atoms with Gasteiger partial charge in [0.25, 0.3) is 5.91 Å². The van der Waals surface area contributed by atoms with Crippen molar-refractivity contribution in [2.45, 2.75) is 26.4 Å². The lowest BCUT2D eigenvalue weighted by Crippen LogP contribution is -2.44. The molecule has 1 atom stereocenters. The van der Waals surface area contributed by atoms with E-state index in [4.69, 9.17) is 9.15 Å². The van der Waals surface area contributed by atoms with Crippen LogP contribution in [0.5, 0.6) is 0 Å². The molecular weight excluding hydrogens is 367 g/mol. The fourth-order valence-electron chi connectivity index (χ4n) is 3.10. The summed E-state index contributed by atoms with van der Waals surface area (Å²) in [6.07, 6.45) is 0. The third kappa shape index (κ3) is 3.50. The second-order valence-electron chi connectivity index (χ2n) is 6.56. The number of hydrogen-bond donors (Lipinski definition) is 0. The van der Waals surface area contributed by atoms with Gasteiger partial charge in [-0.15, -0.1) is 15.3 Å². The zero-order chi connectivity index (χ0) is 19.7. The minimum Gasteiger partial charge on any atom is -0.423 e. The maximum atomic E-state index is 13.1. The van der Waals surface area contributed by atoms with E-state index in [2.05, 4.69) is 20.5 Å². The van der Waals surface area contributed by atoms with Gasteiger partial charge in [0, 0.05) is 13.5 Å². The molecule has 1 fully saturated rings. The number of aromatic nitrogens is 5. The minimum absolute atomic E-state index is 0.255. The molecule has 1 saturated heterocycles. The lowest BCUT2D eigenvalue weighted by Gasteiger charge is -2.32. The Balaban J connectivity index is 1.57. The molecule has 28 heavy (non-hydrogen) atoms. The Morgan fingerprint density at radius 3 is 2.71 bits per heavy atom. The van der Waals surface area contributed by atoms with Crippen LogP contribution in [0.1, 0.15) is 39.6 Å². The molecule has 0 N–H and O–H groups in total. The molecule has 3 aromatic rings. The summed E-state index contributed by atoms with van der Waals surface area (Å²) in [5, 5.41) is 16.0. The predicted molar refractivity (Wildman–Crippen MR) is 93.9 cm³/mol. The fourth-order valence-corrected chi connectivity index (χ4v) is 3.10. The Kier molecular flexibility index (Phi) is 4.86. The van der Waals surface area contributed by atoms with Gasteiger partial charge < -0.3 is 14.1 Å². The first-order valence-electron chi connectivity index (χ1n) is 8.86. The molecular formula is C18H19FN6O3. The monoisotopic (exact) mass is 386 g/mol. The van der Waals surface area contributed by atoms with Crippen LogP contribution in [0.15, 0.2) is 28.7 Å². The number of aryl methyl sites for hydroxylation is 1. The van der Waals surface area contributed by atoms with Crippen LogP contribution < -0.4 is 0 Å². The van der Waals surface area contributed by atoms with Crippen LogP contribution in [-0.4, -0.2) is 55.8 Å². The molecule has 0 saturated carbocycles. The van der Waals surface area contributed by atoms with E-state index >= 15 is 0 Å². The predicted octanol–water partition coefficient (Wildman–Crippen LogP) is 1.68. The second kappa shape index (κ2) is 7.47. The number of benzene rings is 1. The van der Waals surface area contributed by atoms with E-state index in [1.165, 1.54) is 12.1 Å². The van der Waals surface area contributed by atoms with Crippen molar-refractivity contribution in [3.63, 3.8) is 0 Å². The molecule has 0 bridgehead atoms. The number of carbonyl (C=O) groups is 1. The Morgan fingerprint density at radius 1 is 1.21 bits per heavy atom. The normalized spacial score (nSPS) is 17.1. The van der Waals surface area contributed by atoms with Gasteiger partial charge in [-0.1, -0.05) is 17.3 Å². The van der Waals surface area contributed by atoms with E-state index in [1.54, 1.807) is 35.6 Å². The third-order valence-corrected chi connectivity index (χ3v) is 4.65. The number of amides is 1. The number of ether oxygens (including phenoxy) is 1. The molecule has 1 amide bonds. The molecule has 1 unspecified atom stereocenters. The second-order valence-corrected chi connectivity index (χ2v) is 6.56. The number of nitrogens with zero attached hydrogens (tertiary/aromatic N) is 6. The standard InChI is InChI=1S/C18H19FN6O3/c1-11-16(21-23-25(11)9-13-3-5-14(19)6-4-13)18(26)24-7-8-27-10-15(24)17-22-20-12(2)28-17/h3-6,15H,7-10H2,1-2H3. The van der Waals surface area contributed by atoms with E-state index in [0.717, 1.165) is 5.56 Å². The third-order valence-electron chi connectivity index (χ3n) is 4.65. The van der Waals surface area contributed by atoms with Crippen molar-refractivity contribution in [3.05, 3.63) is 58.8 Å². The Bertz CT molecular complexity index is 984. The largest absolute Gasteiger partial charge is 0.423 e. The van der Waals surface area contributed by atoms with Gasteiger partial charge in [-0.05, 0) is 24.6 Å². The fraction of sp³-hybridized carbons (Fsp3) is 0.389. The van der Waals surface area contributed by atoms with Crippen LogP contribution in [0.25, 0.3) is 0 Å². The van der Waals surface area contributed by atoms with E-state index < -0.39 is 6.04 Å². The quantitative estimate of drug-likeness (QED) is 0.673. The lowest BCUT2D eigenvalue weighted by atomic mass is 10.2. The molecule has 0 aliphatic carbocycles. The molecule has 3 heterocycles. The zero-order valence-electron chi connectivity index (χ0n) is 15.5. The number of morpholine rings is 1. The van der Waals surface area contributed by atoms with Gasteiger partial charge in [-0.2, -0.15) is 0 Å². The van der Waals surface area contributed by atoms with Crippen LogP contribution in [0.3, 0.4) is 0 Å². The van der Waals surface area contributed by atoms with Crippen molar-refractivity contribution in [1.82, 2.24) is 30.1 Å².